The van der Waals surface area contributed by atoms with Crippen LogP contribution in [0.3, 0.4) is 0 Å². The van der Waals surface area contributed by atoms with Gasteiger partial charge < -0.3 is 10.2 Å². The largest absolute Gasteiger partial charge is 0.481 e. The number of carbonyl (C=O) groups is 1. The molecule has 1 aliphatic rings. The highest BCUT2D eigenvalue weighted by atomic mass is 16.4. The van der Waals surface area contributed by atoms with Crippen molar-refractivity contribution >= 4 is 5.97 Å². The van der Waals surface area contributed by atoms with Crippen LogP contribution >= 0.6 is 0 Å². The van der Waals surface area contributed by atoms with Crippen LogP contribution in [-0.4, -0.2) is 22.8 Å². The Labute approximate surface area is 66.0 Å². The zero-order valence-electron chi connectivity index (χ0n) is 6.49. The van der Waals surface area contributed by atoms with Crippen molar-refractivity contribution in [2.24, 2.45) is 11.8 Å². The predicted molar refractivity (Wildman–Crippen MR) is 40.2 cm³/mol. The fourth-order valence-electron chi connectivity index (χ4n) is 1.38. The second-order valence-corrected chi connectivity index (χ2v) is 3.25. The first-order chi connectivity index (χ1) is 5.24. The van der Waals surface area contributed by atoms with Crippen molar-refractivity contribution in [1.82, 2.24) is 0 Å². The van der Waals surface area contributed by atoms with Crippen molar-refractivity contribution in [1.29, 1.82) is 0 Å². The van der Waals surface area contributed by atoms with Gasteiger partial charge in [0.05, 0.1) is 12.5 Å². The van der Waals surface area contributed by atoms with Crippen molar-refractivity contribution in [3.05, 3.63) is 0 Å². The Morgan fingerprint density at radius 3 is 2.45 bits per heavy atom. The average Bonchev–Trinajstić information content (AvgIpc) is 1.85. The minimum Gasteiger partial charge on any atom is -0.481 e. The molecule has 0 aromatic heterocycles. The van der Waals surface area contributed by atoms with Crippen LogP contribution < -0.4 is 0 Å². The van der Waals surface area contributed by atoms with E-state index in [9.17, 15) is 4.79 Å². The van der Waals surface area contributed by atoms with Crippen molar-refractivity contribution in [2.45, 2.75) is 25.7 Å². The molecular weight excluding hydrogens is 144 g/mol. The van der Waals surface area contributed by atoms with Crippen LogP contribution in [0, 0.1) is 11.8 Å². The van der Waals surface area contributed by atoms with Crippen molar-refractivity contribution < 1.29 is 15.0 Å². The molecule has 64 valence electrons. The molecule has 0 aromatic rings. The van der Waals surface area contributed by atoms with Crippen LogP contribution in [0.4, 0.5) is 0 Å². The van der Waals surface area contributed by atoms with Gasteiger partial charge in [-0.05, 0) is 12.3 Å². The van der Waals surface area contributed by atoms with Gasteiger partial charge in [-0.3, -0.25) is 4.79 Å². The Balaban J connectivity index is 2.24. The maximum atomic E-state index is 10.4. The van der Waals surface area contributed by atoms with Crippen LogP contribution in [0.1, 0.15) is 25.7 Å². The van der Waals surface area contributed by atoms with Crippen LogP contribution in [0.5, 0.6) is 0 Å². The standard InChI is InChI=1S/C8H14O3/c9-5-7(8(10)11)4-6-2-1-3-6/h6-7,9H,1-5H2,(H,10,11)/t7-/m0/s1. The number of carboxylic acid groups (broad SMARTS) is 1. The third-order valence-corrected chi connectivity index (χ3v) is 2.41. The fraction of sp³-hybridized carbons (Fsp3) is 0.875. The van der Waals surface area contributed by atoms with E-state index in [1.807, 2.05) is 0 Å². The summed E-state index contributed by atoms with van der Waals surface area (Å²) in [4.78, 5) is 10.4. The lowest BCUT2D eigenvalue weighted by Gasteiger charge is -2.27. The molecule has 3 heteroatoms. The lowest BCUT2D eigenvalue weighted by Crippen LogP contribution is -2.24. The molecule has 1 saturated carbocycles. The van der Waals surface area contributed by atoms with Crippen LogP contribution in [-0.2, 0) is 4.79 Å². The maximum absolute atomic E-state index is 10.4. The second-order valence-electron chi connectivity index (χ2n) is 3.25. The third-order valence-electron chi connectivity index (χ3n) is 2.41. The molecule has 0 unspecified atom stereocenters. The first-order valence-corrected chi connectivity index (χ1v) is 4.07. The molecule has 2 N–H and O–H groups in total. The van der Waals surface area contributed by atoms with Crippen molar-refractivity contribution in [3.8, 4) is 0 Å². The monoisotopic (exact) mass is 158 g/mol. The van der Waals surface area contributed by atoms with Gasteiger partial charge in [-0.2, -0.15) is 0 Å². The van der Waals surface area contributed by atoms with E-state index in [0.29, 0.717) is 12.3 Å². The van der Waals surface area contributed by atoms with Crippen LogP contribution in [0.15, 0.2) is 0 Å². The lowest BCUT2D eigenvalue weighted by molar-refractivity contribution is -0.144. The van der Waals surface area contributed by atoms with Gasteiger partial charge in [0, 0.05) is 0 Å². The summed E-state index contributed by atoms with van der Waals surface area (Å²) in [5, 5.41) is 17.3. The third kappa shape index (κ3) is 2.19. The maximum Gasteiger partial charge on any atom is 0.308 e. The van der Waals surface area contributed by atoms with Gasteiger partial charge in [0.1, 0.15) is 0 Å². The molecule has 1 fully saturated rings. The molecular formula is C8H14O3. The van der Waals surface area contributed by atoms with Crippen LogP contribution in [0.25, 0.3) is 0 Å². The van der Waals surface area contributed by atoms with E-state index in [1.165, 1.54) is 6.42 Å². The van der Waals surface area contributed by atoms with E-state index in [4.69, 9.17) is 10.2 Å². The molecule has 11 heavy (non-hydrogen) atoms. The highest BCUT2D eigenvalue weighted by Crippen LogP contribution is 2.32. The topological polar surface area (TPSA) is 57.5 Å². The number of hydrogen-bond acceptors (Lipinski definition) is 2. The Morgan fingerprint density at radius 2 is 2.18 bits per heavy atom. The Morgan fingerprint density at radius 1 is 1.55 bits per heavy atom. The minimum absolute atomic E-state index is 0.216. The summed E-state index contributed by atoms with van der Waals surface area (Å²) < 4.78 is 0. The number of aliphatic hydroxyl groups is 1. The number of carboxylic acids is 1. The van der Waals surface area contributed by atoms with Crippen LogP contribution in [0.2, 0.25) is 0 Å². The first kappa shape index (κ1) is 8.53. The van der Waals surface area contributed by atoms with Gasteiger partial charge in [-0.1, -0.05) is 19.3 Å². The van der Waals surface area contributed by atoms with Gasteiger partial charge in [-0.15, -0.1) is 0 Å². The number of rotatable bonds is 4. The quantitative estimate of drug-likeness (QED) is 0.638. The highest BCUT2D eigenvalue weighted by Gasteiger charge is 2.25. The zero-order valence-corrected chi connectivity index (χ0v) is 6.49. The SMILES string of the molecule is O=C(O)[C@H](CO)CC1CCC1. The number of aliphatic hydroxyl groups excluding tert-OH is 1. The van der Waals surface area contributed by atoms with Gasteiger partial charge in [-0.25, -0.2) is 0 Å². The lowest BCUT2D eigenvalue weighted by atomic mass is 9.79. The summed E-state index contributed by atoms with van der Waals surface area (Å²) in [5.74, 6) is -0.831. The zero-order chi connectivity index (χ0) is 8.27. The first-order valence-electron chi connectivity index (χ1n) is 4.07. The normalized spacial score (nSPS) is 20.8. The molecule has 0 bridgehead atoms. The molecule has 0 saturated heterocycles. The van der Waals surface area contributed by atoms with E-state index < -0.39 is 11.9 Å². The Bertz CT molecular complexity index is 140. The Hall–Kier alpha value is -0.570. The van der Waals surface area contributed by atoms with Crippen molar-refractivity contribution in [3.63, 3.8) is 0 Å². The smallest absolute Gasteiger partial charge is 0.308 e. The molecule has 3 nitrogen and oxygen atoms in total. The van der Waals surface area contributed by atoms with E-state index in [0.717, 1.165) is 12.8 Å². The van der Waals surface area contributed by atoms with Gasteiger partial charge >= 0.3 is 5.97 Å². The summed E-state index contributed by atoms with van der Waals surface area (Å²) in [6.07, 6.45) is 4.17. The molecule has 1 atom stereocenters. The fourth-order valence-corrected chi connectivity index (χ4v) is 1.38. The molecule has 0 spiro atoms. The molecule has 1 aliphatic carbocycles. The average molecular weight is 158 g/mol. The van der Waals surface area contributed by atoms with Crippen molar-refractivity contribution in [2.75, 3.05) is 6.61 Å². The molecule has 0 radical (unpaired) electrons. The van der Waals surface area contributed by atoms with E-state index in [-0.39, 0.29) is 6.61 Å². The molecule has 0 amide bonds. The summed E-state index contributed by atoms with van der Waals surface area (Å²) in [7, 11) is 0. The number of aliphatic carboxylic acids is 1. The molecule has 0 aliphatic heterocycles. The molecule has 0 heterocycles. The van der Waals surface area contributed by atoms with Gasteiger partial charge in [0.15, 0.2) is 0 Å². The second kappa shape index (κ2) is 3.72. The summed E-state index contributed by atoms with van der Waals surface area (Å²) in [6.45, 7) is -0.216. The summed E-state index contributed by atoms with van der Waals surface area (Å²) >= 11 is 0. The van der Waals surface area contributed by atoms with E-state index >= 15 is 0 Å². The molecule has 0 aromatic carbocycles. The number of hydrogen-bond donors (Lipinski definition) is 2. The predicted octanol–water partition coefficient (Wildman–Crippen LogP) is 0.870. The van der Waals surface area contributed by atoms with Gasteiger partial charge in [0.25, 0.3) is 0 Å². The summed E-state index contributed by atoms with van der Waals surface area (Å²) in [5.41, 5.74) is 0. The van der Waals surface area contributed by atoms with Gasteiger partial charge in [0.2, 0.25) is 0 Å². The van der Waals surface area contributed by atoms with E-state index in [2.05, 4.69) is 0 Å². The Kier molecular flexibility index (Phi) is 2.88. The molecule has 1 rings (SSSR count). The minimum atomic E-state index is -0.862. The highest BCUT2D eigenvalue weighted by molar-refractivity contribution is 5.70. The summed E-state index contributed by atoms with van der Waals surface area (Å²) in [6, 6.07) is 0. The van der Waals surface area contributed by atoms with E-state index in [1.54, 1.807) is 0 Å².